The highest BCUT2D eigenvalue weighted by molar-refractivity contribution is 7.91. The third-order valence-electron chi connectivity index (χ3n) is 3.17. The fraction of sp³-hybridized carbons (Fsp3) is 0.538. The molecule has 3 nitrogen and oxygen atoms in total. The van der Waals surface area contributed by atoms with Crippen LogP contribution in [0.3, 0.4) is 0 Å². The second kappa shape index (κ2) is 5.65. The zero-order valence-corrected chi connectivity index (χ0v) is 11.5. The Bertz CT molecular complexity index is 451. The molecule has 1 rings (SSSR count). The van der Waals surface area contributed by atoms with Gasteiger partial charge in [-0.2, -0.15) is 0 Å². The van der Waals surface area contributed by atoms with E-state index in [4.69, 9.17) is 5.73 Å². The van der Waals surface area contributed by atoms with Crippen molar-refractivity contribution in [3.8, 4) is 0 Å². The molecule has 0 fully saturated rings. The molecule has 17 heavy (non-hydrogen) atoms. The third-order valence-corrected chi connectivity index (χ3v) is 4.98. The normalized spacial score (nSPS) is 15.5. The van der Waals surface area contributed by atoms with Crippen LogP contribution in [0.5, 0.6) is 0 Å². The lowest BCUT2D eigenvalue weighted by molar-refractivity contribution is 0.466. The summed E-state index contributed by atoms with van der Waals surface area (Å²) in [6.07, 6.45) is 0.893. The Morgan fingerprint density at radius 2 is 1.76 bits per heavy atom. The van der Waals surface area contributed by atoms with Gasteiger partial charge in [-0.1, -0.05) is 38.0 Å². The van der Waals surface area contributed by atoms with Crippen molar-refractivity contribution in [2.24, 2.45) is 11.7 Å². The Hall–Kier alpha value is -0.870. The predicted molar refractivity (Wildman–Crippen MR) is 70.7 cm³/mol. The first-order chi connectivity index (χ1) is 7.86. The molecule has 0 saturated carbocycles. The maximum atomic E-state index is 12.1. The highest BCUT2D eigenvalue weighted by atomic mass is 32.2. The summed E-state index contributed by atoms with van der Waals surface area (Å²) in [5.41, 5.74) is 6.95. The molecule has 0 saturated heterocycles. The molecule has 0 heterocycles. The largest absolute Gasteiger partial charge is 0.327 e. The number of hydrogen-bond acceptors (Lipinski definition) is 3. The van der Waals surface area contributed by atoms with Crippen molar-refractivity contribution in [2.45, 2.75) is 38.1 Å². The Morgan fingerprint density at radius 3 is 2.24 bits per heavy atom. The summed E-state index contributed by atoms with van der Waals surface area (Å²) < 4.78 is 24.2. The minimum Gasteiger partial charge on any atom is -0.327 e. The number of hydrogen-bond donors (Lipinski definition) is 1. The summed E-state index contributed by atoms with van der Waals surface area (Å²) >= 11 is 0. The van der Waals surface area contributed by atoms with Gasteiger partial charge in [0.15, 0.2) is 9.84 Å². The van der Waals surface area contributed by atoms with Crippen LogP contribution in [-0.2, 0) is 9.84 Å². The van der Waals surface area contributed by atoms with Crippen LogP contribution in [0.2, 0.25) is 0 Å². The number of nitrogens with two attached hydrogens (primary N) is 1. The average Bonchev–Trinajstić information content (AvgIpc) is 2.27. The van der Waals surface area contributed by atoms with Crippen molar-refractivity contribution in [1.82, 2.24) is 0 Å². The molecule has 0 radical (unpaired) electrons. The first-order valence-corrected chi connectivity index (χ1v) is 7.57. The van der Waals surface area contributed by atoms with Gasteiger partial charge in [-0.3, -0.25) is 0 Å². The fourth-order valence-electron chi connectivity index (χ4n) is 1.56. The van der Waals surface area contributed by atoms with E-state index < -0.39 is 9.84 Å². The van der Waals surface area contributed by atoms with Gasteiger partial charge in [0.05, 0.1) is 10.6 Å². The van der Waals surface area contributed by atoms with Crippen molar-refractivity contribution < 1.29 is 8.42 Å². The van der Waals surface area contributed by atoms with Gasteiger partial charge in [-0.05, 0) is 25.0 Å². The molecule has 1 aromatic rings. The Morgan fingerprint density at radius 1 is 1.24 bits per heavy atom. The molecule has 2 N–H and O–H groups in total. The molecule has 96 valence electrons. The van der Waals surface area contributed by atoms with Crippen molar-refractivity contribution in [3.63, 3.8) is 0 Å². The van der Waals surface area contributed by atoms with E-state index >= 15 is 0 Å². The lowest BCUT2D eigenvalue weighted by atomic mass is 10.0. The van der Waals surface area contributed by atoms with Crippen molar-refractivity contribution >= 4 is 9.84 Å². The zero-order chi connectivity index (χ0) is 13.1. The smallest absolute Gasteiger partial charge is 0.179 e. The molecule has 0 aliphatic rings. The van der Waals surface area contributed by atoms with Crippen LogP contribution in [0.1, 0.15) is 25.8 Å². The number of aryl methyl sites for hydroxylation is 1. The number of sulfone groups is 1. The average molecular weight is 255 g/mol. The fourth-order valence-corrected chi connectivity index (χ4v) is 3.14. The maximum absolute atomic E-state index is 12.1. The summed E-state index contributed by atoms with van der Waals surface area (Å²) in [7, 11) is -3.26. The van der Waals surface area contributed by atoms with Gasteiger partial charge in [-0.25, -0.2) is 8.42 Å². The van der Waals surface area contributed by atoms with Crippen molar-refractivity contribution in [1.29, 1.82) is 0 Å². The molecule has 2 atom stereocenters. The molecule has 4 heteroatoms. The monoisotopic (exact) mass is 255 g/mol. The van der Waals surface area contributed by atoms with E-state index in [2.05, 4.69) is 0 Å². The van der Waals surface area contributed by atoms with Gasteiger partial charge < -0.3 is 5.73 Å². The maximum Gasteiger partial charge on any atom is 0.179 e. The second-order valence-electron chi connectivity index (χ2n) is 4.64. The first kappa shape index (κ1) is 14.2. The summed E-state index contributed by atoms with van der Waals surface area (Å²) in [4.78, 5) is 0.363. The molecule has 0 aliphatic heterocycles. The molecule has 0 bridgehead atoms. The van der Waals surface area contributed by atoms with E-state index in [0.29, 0.717) is 4.90 Å². The number of benzene rings is 1. The van der Waals surface area contributed by atoms with E-state index in [1.807, 2.05) is 32.9 Å². The van der Waals surface area contributed by atoms with Gasteiger partial charge in [0, 0.05) is 6.04 Å². The van der Waals surface area contributed by atoms with Gasteiger partial charge in [0.25, 0.3) is 0 Å². The summed E-state index contributed by atoms with van der Waals surface area (Å²) in [5.74, 6) is 0.237. The third kappa shape index (κ3) is 3.82. The van der Waals surface area contributed by atoms with E-state index in [1.54, 1.807) is 12.1 Å². The second-order valence-corrected chi connectivity index (χ2v) is 6.68. The molecular weight excluding hydrogens is 234 g/mol. The molecule has 0 amide bonds. The van der Waals surface area contributed by atoms with Crippen LogP contribution in [-0.4, -0.2) is 20.2 Å². The molecular formula is C13H21NO2S. The van der Waals surface area contributed by atoms with Gasteiger partial charge in [0.1, 0.15) is 0 Å². The van der Waals surface area contributed by atoms with Crippen LogP contribution in [0.25, 0.3) is 0 Å². The topological polar surface area (TPSA) is 60.2 Å². The van der Waals surface area contributed by atoms with Gasteiger partial charge >= 0.3 is 0 Å². The van der Waals surface area contributed by atoms with E-state index in [9.17, 15) is 8.42 Å². The molecule has 2 unspecified atom stereocenters. The minimum absolute atomic E-state index is 0.0189. The molecule has 0 aliphatic carbocycles. The van der Waals surface area contributed by atoms with E-state index in [0.717, 1.165) is 12.0 Å². The van der Waals surface area contributed by atoms with Gasteiger partial charge in [0.2, 0.25) is 0 Å². The Kier molecular flexibility index (Phi) is 4.71. The van der Waals surface area contributed by atoms with Crippen LogP contribution >= 0.6 is 0 Å². The van der Waals surface area contributed by atoms with Gasteiger partial charge in [-0.15, -0.1) is 0 Å². The highest BCUT2D eigenvalue weighted by Crippen LogP contribution is 2.16. The summed E-state index contributed by atoms with van der Waals surface area (Å²) in [5, 5.41) is 0. The Balaban J connectivity index is 2.85. The zero-order valence-electron chi connectivity index (χ0n) is 10.7. The predicted octanol–water partition coefficient (Wildman–Crippen LogP) is 2.14. The lowest BCUT2D eigenvalue weighted by Gasteiger charge is -2.18. The van der Waals surface area contributed by atoms with Crippen LogP contribution in [0.4, 0.5) is 0 Å². The summed E-state index contributed by atoms with van der Waals surface area (Å²) in [6.45, 7) is 5.93. The standard InChI is InChI=1S/C13H21NO2S/c1-4-11(3)13(14)9-17(15,16)12-7-5-10(2)6-8-12/h5-8,11,13H,4,9,14H2,1-3H3. The Labute approximate surface area is 104 Å². The van der Waals surface area contributed by atoms with Crippen LogP contribution < -0.4 is 5.73 Å². The van der Waals surface area contributed by atoms with E-state index in [1.165, 1.54) is 0 Å². The molecule has 0 aromatic heterocycles. The summed E-state index contributed by atoms with van der Waals surface area (Å²) in [6, 6.07) is 6.61. The quantitative estimate of drug-likeness (QED) is 0.877. The first-order valence-electron chi connectivity index (χ1n) is 5.92. The minimum atomic E-state index is -3.26. The van der Waals surface area contributed by atoms with E-state index in [-0.39, 0.29) is 17.7 Å². The highest BCUT2D eigenvalue weighted by Gasteiger charge is 2.21. The van der Waals surface area contributed by atoms with Crippen molar-refractivity contribution in [2.75, 3.05) is 5.75 Å². The van der Waals surface area contributed by atoms with Crippen LogP contribution in [0, 0.1) is 12.8 Å². The number of rotatable bonds is 5. The SMILES string of the molecule is CCC(C)C(N)CS(=O)(=O)c1ccc(C)cc1. The lowest BCUT2D eigenvalue weighted by Crippen LogP contribution is -2.35. The van der Waals surface area contributed by atoms with Crippen LogP contribution in [0.15, 0.2) is 29.2 Å². The van der Waals surface area contributed by atoms with Crippen molar-refractivity contribution in [3.05, 3.63) is 29.8 Å². The molecule has 1 aromatic carbocycles. The molecule has 0 spiro atoms.